The highest BCUT2D eigenvalue weighted by molar-refractivity contribution is 7.88. The SMILES string of the molecule is Cc1nn(C)c(C(=O)NC2CCN(S(C)(=O)=O)CC2)c1N. The van der Waals surface area contributed by atoms with Crippen molar-refractivity contribution in [3.05, 3.63) is 11.4 Å². The van der Waals surface area contributed by atoms with E-state index < -0.39 is 10.0 Å². The number of nitrogens with two attached hydrogens (primary N) is 1. The summed E-state index contributed by atoms with van der Waals surface area (Å²) in [5.74, 6) is -0.270. The van der Waals surface area contributed by atoms with Gasteiger partial charge < -0.3 is 11.1 Å². The fourth-order valence-corrected chi connectivity index (χ4v) is 3.40. The van der Waals surface area contributed by atoms with Crippen molar-refractivity contribution in [1.82, 2.24) is 19.4 Å². The van der Waals surface area contributed by atoms with Gasteiger partial charge in [0, 0.05) is 26.2 Å². The van der Waals surface area contributed by atoms with Gasteiger partial charge in [0.2, 0.25) is 10.0 Å². The molecule has 3 N–H and O–H groups in total. The molecule has 2 rings (SSSR count). The van der Waals surface area contributed by atoms with Crippen LogP contribution in [0.5, 0.6) is 0 Å². The van der Waals surface area contributed by atoms with Crippen molar-refractivity contribution in [1.29, 1.82) is 0 Å². The van der Waals surface area contributed by atoms with Crippen LogP contribution >= 0.6 is 0 Å². The molecule has 0 saturated carbocycles. The van der Waals surface area contributed by atoms with Crippen LogP contribution < -0.4 is 11.1 Å². The number of amides is 1. The Labute approximate surface area is 124 Å². The number of carbonyl (C=O) groups excluding carboxylic acids is 1. The number of sulfonamides is 1. The smallest absolute Gasteiger partial charge is 0.271 e. The first kappa shape index (κ1) is 15.8. The molecule has 1 aliphatic rings. The molecule has 21 heavy (non-hydrogen) atoms. The molecule has 1 fully saturated rings. The molecule has 0 atom stereocenters. The monoisotopic (exact) mass is 315 g/mol. The van der Waals surface area contributed by atoms with E-state index in [2.05, 4.69) is 10.4 Å². The zero-order valence-corrected chi connectivity index (χ0v) is 13.3. The lowest BCUT2D eigenvalue weighted by Gasteiger charge is -2.30. The Bertz CT molecular complexity index is 644. The summed E-state index contributed by atoms with van der Waals surface area (Å²) in [6.07, 6.45) is 2.39. The fraction of sp³-hybridized carbons (Fsp3) is 0.667. The molecule has 0 bridgehead atoms. The summed E-state index contributed by atoms with van der Waals surface area (Å²) in [6.45, 7) is 2.59. The summed E-state index contributed by atoms with van der Waals surface area (Å²) in [6, 6.07) is -0.0508. The molecule has 8 nitrogen and oxygen atoms in total. The maximum absolute atomic E-state index is 12.3. The Balaban J connectivity index is 1.99. The van der Waals surface area contributed by atoms with E-state index in [-0.39, 0.29) is 11.9 Å². The van der Waals surface area contributed by atoms with Crippen molar-refractivity contribution in [2.75, 3.05) is 25.1 Å². The molecule has 2 heterocycles. The van der Waals surface area contributed by atoms with E-state index in [1.165, 1.54) is 15.2 Å². The first-order chi connectivity index (χ1) is 9.70. The number of aromatic nitrogens is 2. The number of hydrogen-bond donors (Lipinski definition) is 2. The highest BCUT2D eigenvalue weighted by Crippen LogP contribution is 2.17. The Morgan fingerprint density at radius 1 is 1.38 bits per heavy atom. The third kappa shape index (κ3) is 3.35. The Kier molecular flexibility index (Phi) is 4.24. The second-order valence-electron chi connectivity index (χ2n) is 5.38. The van der Waals surface area contributed by atoms with Crippen molar-refractivity contribution in [3.63, 3.8) is 0 Å². The van der Waals surface area contributed by atoms with E-state index in [4.69, 9.17) is 5.73 Å². The number of nitrogen functional groups attached to an aromatic ring is 1. The molecule has 0 radical (unpaired) electrons. The van der Waals surface area contributed by atoms with E-state index >= 15 is 0 Å². The number of nitrogens with zero attached hydrogens (tertiary/aromatic N) is 3. The normalized spacial score (nSPS) is 17.9. The summed E-state index contributed by atoms with van der Waals surface area (Å²) in [5.41, 5.74) is 7.20. The Morgan fingerprint density at radius 2 is 1.95 bits per heavy atom. The minimum atomic E-state index is -3.15. The standard InChI is InChI=1S/C12H21N5O3S/c1-8-10(13)11(16(2)15-8)12(18)14-9-4-6-17(7-5-9)21(3,19)20/h9H,4-7,13H2,1-3H3,(H,14,18). The van der Waals surface area contributed by atoms with Crippen molar-refractivity contribution in [2.24, 2.45) is 7.05 Å². The molecule has 0 unspecified atom stereocenters. The summed E-state index contributed by atoms with van der Waals surface area (Å²) in [4.78, 5) is 12.3. The van der Waals surface area contributed by atoms with E-state index in [0.717, 1.165) is 0 Å². The molecule has 0 spiro atoms. The zero-order chi connectivity index (χ0) is 15.8. The van der Waals surface area contributed by atoms with Gasteiger partial charge in [-0.25, -0.2) is 12.7 Å². The number of rotatable bonds is 3. The van der Waals surface area contributed by atoms with Crippen LogP contribution in [-0.4, -0.2) is 53.8 Å². The quantitative estimate of drug-likeness (QED) is 0.778. The predicted molar refractivity (Wildman–Crippen MR) is 79.3 cm³/mol. The minimum Gasteiger partial charge on any atom is -0.395 e. The van der Waals surface area contributed by atoms with E-state index in [1.807, 2.05) is 0 Å². The Morgan fingerprint density at radius 3 is 2.38 bits per heavy atom. The van der Waals surface area contributed by atoms with Crippen LogP contribution in [0, 0.1) is 6.92 Å². The fourth-order valence-electron chi connectivity index (χ4n) is 2.53. The Hall–Kier alpha value is -1.61. The van der Waals surface area contributed by atoms with Gasteiger partial charge in [0.15, 0.2) is 0 Å². The third-order valence-corrected chi connectivity index (χ3v) is 5.04. The van der Waals surface area contributed by atoms with Gasteiger partial charge in [-0.15, -0.1) is 0 Å². The molecule has 1 aromatic rings. The molecule has 1 aliphatic heterocycles. The van der Waals surface area contributed by atoms with Gasteiger partial charge in [-0.05, 0) is 19.8 Å². The van der Waals surface area contributed by atoms with E-state index in [9.17, 15) is 13.2 Å². The lowest BCUT2D eigenvalue weighted by molar-refractivity contribution is 0.0915. The van der Waals surface area contributed by atoms with E-state index in [1.54, 1.807) is 14.0 Å². The number of piperidine rings is 1. The molecule has 9 heteroatoms. The predicted octanol–water partition coefficient (Wildman–Crippen LogP) is -0.535. The molecule has 0 aliphatic carbocycles. The van der Waals surface area contributed by atoms with Crippen LogP contribution in [0.15, 0.2) is 0 Å². The minimum absolute atomic E-state index is 0.0508. The van der Waals surface area contributed by atoms with Crippen LogP contribution in [0.2, 0.25) is 0 Å². The molecular formula is C12H21N5O3S. The number of carbonyl (C=O) groups is 1. The highest BCUT2D eigenvalue weighted by Gasteiger charge is 2.27. The average molecular weight is 315 g/mol. The van der Waals surface area contributed by atoms with Gasteiger partial charge in [-0.2, -0.15) is 5.10 Å². The lowest BCUT2D eigenvalue weighted by Crippen LogP contribution is -2.46. The van der Waals surface area contributed by atoms with Crippen LogP contribution in [0.4, 0.5) is 5.69 Å². The maximum Gasteiger partial charge on any atom is 0.271 e. The van der Waals surface area contributed by atoms with Crippen molar-refractivity contribution in [3.8, 4) is 0 Å². The molecule has 1 aromatic heterocycles. The average Bonchev–Trinajstić information content (AvgIpc) is 2.62. The van der Waals surface area contributed by atoms with Crippen molar-refractivity contribution >= 4 is 21.6 Å². The second-order valence-corrected chi connectivity index (χ2v) is 7.36. The lowest BCUT2D eigenvalue weighted by atomic mass is 10.1. The summed E-state index contributed by atoms with van der Waals surface area (Å²) in [7, 11) is -1.48. The third-order valence-electron chi connectivity index (χ3n) is 3.74. The largest absolute Gasteiger partial charge is 0.395 e. The molecule has 1 amide bonds. The molecule has 1 saturated heterocycles. The first-order valence-corrected chi connectivity index (χ1v) is 8.60. The maximum atomic E-state index is 12.3. The topological polar surface area (TPSA) is 110 Å². The van der Waals surface area contributed by atoms with Crippen LogP contribution in [0.25, 0.3) is 0 Å². The summed E-state index contributed by atoms with van der Waals surface area (Å²) in [5, 5.41) is 7.01. The van der Waals surface area contributed by atoms with Gasteiger partial charge in [0.05, 0.1) is 17.6 Å². The number of nitrogens with one attached hydrogen (secondary N) is 1. The number of hydrogen-bond acceptors (Lipinski definition) is 5. The summed E-state index contributed by atoms with van der Waals surface area (Å²) >= 11 is 0. The van der Waals surface area contributed by atoms with Crippen LogP contribution in [0.3, 0.4) is 0 Å². The number of aryl methyl sites for hydroxylation is 2. The number of anilines is 1. The summed E-state index contributed by atoms with van der Waals surface area (Å²) < 4.78 is 25.8. The first-order valence-electron chi connectivity index (χ1n) is 6.75. The second kappa shape index (κ2) is 5.64. The zero-order valence-electron chi connectivity index (χ0n) is 12.5. The van der Waals surface area contributed by atoms with Gasteiger partial charge in [-0.1, -0.05) is 0 Å². The van der Waals surface area contributed by atoms with Crippen LogP contribution in [0.1, 0.15) is 29.0 Å². The van der Waals surface area contributed by atoms with Gasteiger partial charge in [-0.3, -0.25) is 9.48 Å². The van der Waals surface area contributed by atoms with E-state index in [0.29, 0.717) is 43.0 Å². The molecule has 0 aromatic carbocycles. The molecular weight excluding hydrogens is 294 g/mol. The van der Waals surface area contributed by atoms with Crippen LogP contribution in [-0.2, 0) is 17.1 Å². The van der Waals surface area contributed by atoms with Gasteiger partial charge in [0.1, 0.15) is 5.69 Å². The van der Waals surface area contributed by atoms with Gasteiger partial charge in [0.25, 0.3) is 5.91 Å². The van der Waals surface area contributed by atoms with Gasteiger partial charge >= 0.3 is 0 Å². The molecule has 118 valence electrons. The van der Waals surface area contributed by atoms with Crippen molar-refractivity contribution in [2.45, 2.75) is 25.8 Å². The highest BCUT2D eigenvalue weighted by atomic mass is 32.2. The van der Waals surface area contributed by atoms with Crippen molar-refractivity contribution < 1.29 is 13.2 Å².